The summed E-state index contributed by atoms with van der Waals surface area (Å²) in [5.41, 5.74) is 1.83. The SMILES string of the molecule is CCCCCCCCCCOc1ccc(N=Nc2ccc(C(=O)Oc3ccccc3Br)cc2)cc1. The molecule has 0 heterocycles. The molecule has 6 heteroatoms. The highest BCUT2D eigenvalue weighted by Crippen LogP contribution is 2.26. The number of esters is 1. The molecule has 184 valence electrons. The van der Waals surface area contributed by atoms with Gasteiger partial charge in [0, 0.05) is 0 Å². The summed E-state index contributed by atoms with van der Waals surface area (Å²) in [5, 5.41) is 8.52. The number of halogens is 1. The van der Waals surface area contributed by atoms with E-state index in [2.05, 4.69) is 33.1 Å². The second-order valence-corrected chi connectivity index (χ2v) is 9.24. The van der Waals surface area contributed by atoms with Gasteiger partial charge >= 0.3 is 5.97 Å². The highest BCUT2D eigenvalue weighted by atomic mass is 79.9. The summed E-state index contributed by atoms with van der Waals surface area (Å²) in [7, 11) is 0. The summed E-state index contributed by atoms with van der Waals surface area (Å²) in [6.07, 6.45) is 10.3. The van der Waals surface area contributed by atoms with Gasteiger partial charge in [-0.2, -0.15) is 10.2 Å². The van der Waals surface area contributed by atoms with Crippen molar-refractivity contribution in [2.24, 2.45) is 10.2 Å². The molecule has 3 rings (SSSR count). The maximum Gasteiger partial charge on any atom is 0.343 e. The van der Waals surface area contributed by atoms with Crippen molar-refractivity contribution in [1.82, 2.24) is 0 Å². The first-order valence-corrected chi connectivity index (χ1v) is 13.2. The van der Waals surface area contributed by atoms with Crippen LogP contribution in [0, 0.1) is 0 Å². The Bertz CT molecular complexity index is 1070. The maximum atomic E-state index is 12.4. The first-order valence-electron chi connectivity index (χ1n) is 12.4. The monoisotopic (exact) mass is 536 g/mol. The van der Waals surface area contributed by atoms with Gasteiger partial charge in [-0.25, -0.2) is 4.79 Å². The van der Waals surface area contributed by atoms with Crippen LogP contribution in [0.5, 0.6) is 11.5 Å². The predicted molar refractivity (Wildman–Crippen MR) is 144 cm³/mol. The molecule has 3 aromatic rings. The maximum absolute atomic E-state index is 12.4. The van der Waals surface area contributed by atoms with E-state index in [0.29, 0.717) is 17.0 Å². The van der Waals surface area contributed by atoms with Gasteiger partial charge in [-0.3, -0.25) is 0 Å². The Morgan fingerprint density at radius 2 is 1.31 bits per heavy atom. The van der Waals surface area contributed by atoms with E-state index in [1.54, 1.807) is 30.3 Å². The third-order valence-corrected chi connectivity index (χ3v) is 6.18. The number of benzene rings is 3. The van der Waals surface area contributed by atoms with E-state index in [1.165, 1.54) is 44.9 Å². The van der Waals surface area contributed by atoms with E-state index in [1.807, 2.05) is 42.5 Å². The number of para-hydroxylation sites is 1. The summed E-state index contributed by atoms with van der Waals surface area (Å²) in [5.74, 6) is 0.897. The molecule has 0 aliphatic heterocycles. The highest BCUT2D eigenvalue weighted by Gasteiger charge is 2.10. The van der Waals surface area contributed by atoms with Crippen molar-refractivity contribution in [3.63, 3.8) is 0 Å². The van der Waals surface area contributed by atoms with Crippen LogP contribution in [0.15, 0.2) is 87.5 Å². The van der Waals surface area contributed by atoms with E-state index in [4.69, 9.17) is 9.47 Å². The molecule has 0 aromatic heterocycles. The minimum atomic E-state index is -0.428. The fourth-order valence-electron chi connectivity index (χ4n) is 3.50. The van der Waals surface area contributed by atoms with Crippen LogP contribution >= 0.6 is 15.9 Å². The number of hydrogen-bond acceptors (Lipinski definition) is 5. The standard InChI is InChI=1S/C29H33BrN2O3/c1-2-3-4-5-6-7-8-11-22-34-26-20-18-25(19-21-26)32-31-24-16-14-23(15-17-24)29(33)35-28-13-10-9-12-27(28)30/h9-10,12-21H,2-8,11,22H2,1H3. The van der Waals surface area contributed by atoms with Gasteiger partial charge in [0.1, 0.15) is 11.5 Å². The molecule has 0 unspecified atom stereocenters. The van der Waals surface area contributed by atoms with Crippen LogP contribution in [0.2, 0.25) is 0 Å². The molecule has 0 bridgehead atoms. The van der Waals surface area contributed by atoms with E-state index < -0.39 is 5.97 Å². The van der Waals surface area contributed by atoms with Crippen LogP contribution in [-0.2, 0) is 0 Å². The number of ether oxygens (including phenoxy) is 2. The lowest BCUT2D eigenvalue weighted by Crippen LogP contribution is -2.08. The second kappa shape index (κ2) is 15.1. The van der Waals surface area contributed by atoms with E-state index in [-0.39, 0.29) is 0 Å². The van der Waals surface area contributed by atoms with Crippen LogP contribution in [0.25, 0.3) is 0 Å². The molecule has 0 aliphatic carbocycles. The Labute approximate surface area is 216 Å². The number of nitrogens with zero attached hydrogens (tertiary/aromatic N) is 2. The first-order chi connectivity index (χ1) is 17.2. The molecular formula is C29H33BrN2O3. The molecular weight excluding hydrogens is 504 g/mol. The van der Waals surface area contributed by atoms with Gasteiger partial charge in [-0.15, -0.1) is 0 Å². The summed E-state index contributed by atoms with van der Waals surface area (Å²) < 4.78 is 12.0. The normalized spacial score (nSPS) is 11.0. The van der Waals surface area contributed by atoms with Gasteiger partial charge in [0.25, 0.3) is 0 Å². The molecule has 0 aliphatic rings. The lowest BCUT2D eigenvalue weighted by molar-refractivity contribution is 0.0733. The van der Waals surface area contributed by atoms with Crippen molar-refractivity contribution in [1.29, 1.82) is 0 Å². The minimum absolute atomic E-state index is 0.428. The fraction of sp³-hybridized carbons (Fsp3) is 0.345. The van der Waals surface area contributed by atoms with Crippen molar-refractivity contribution in [3.05, 3.63) is 82.8 Å². The van der Waals surface area contributed by atoms with Crippen molar-refractivity contribution in [2.75, 3.05) is 6.61 Å². The van der Waals surface area contributed by atoms with Gasteiger partial charge in [-0.05, 0) is 83.0 Å². The molecule has 0 fully saturated rings. The van der Waals surface area contributed by atoms with Gasteiger partial charge in [-0.1, -0.05) is 64.0 Å². The van der Waals surface area contributed by atoms with Gasteiger partial charge in [0.2, 0.25) is 0 Å². The van der Waals surface area contributed by atoms with Crippen LogP contribution in [0.3, 0.4) is 0 Å². The Morgan fingerprint density at radius 1 is 0.743 bits per heavy atom. The average Bonchev–Trinajstić information content (AvgIpc) is 2.89. The number of azo groups is 1. The zero-order valence-corrected chi connectivity index (χ0v) is 21.9. The quantitative estimate of drug-likeness (QED) is 0.0890. The van der Waals surface area contributed by atoms with Crippen molar-refractivity contribution >= 4 is 33.3 Å². The van der Waals surface area contributed by atoms with Crippen molar-refractivity contribution < 1.29 is 14.3 Å². The molecule has 0 atom stereocenters. The van der Waals surface area contributed by atoms with E-state index in [0.717, 1.165) is 28.9 Å². The third-order valence-electron chi connectivity index (χ3n) is 5.53. The fourth-order valence-corrected chi connectivity index (χ4v) is 3.87. The molecule has 0 N–H and O–H groups in total. The molecule has 0 amide bonds. The average molecular weight is 537 g/mol. The largest absolute Gasteiger partial charge is 0.494 e. The van der Waals surface area contributed by atoms with Crippen molar-refractivity contribution in [2.45, 2.75) is 58.3 Å². The van der Waals surface area contributed by atoms with Crippen LogP contribution in [-0.4, -0.2) is 12.6 Å². The van der Waals surface area contributed by atoms with Gasteiger partial charge < -0.3 is 9.47 Å². The van der Waals surface area contributed by atoms with Gasteiger partial charge in [0.05, 0.1) is 28.0 Å². The Kier molecular flexibility index (Phi) is 11.5. The number of hydrogen-bond donors (Lipinski definition) is 0. The summed E-state index contributed by atoms with van der Waals surface area (Å²) in [4.78, 5) is 12.4. The smallest absolute Gasteiger partial charge is 0.343 e. The van der Waals surface area contributed by atoms with E-state index in [9.17, 15) is 4.79 Å². The number of carbonyl (C=O) groups excluding carboxylic acids is 1. The molecule has 3 aromatic carbocycles. The zero-order chi connectivity index (χ0) is 24.7. The Hall–Kier alpha value is -2.99. The van der Waals surface area contributed by atoms with E-state index >= 15 is 0 Å². The number of unbranched alkanes of at least 4 members (excludes halogenated alkanes) is 7. The Morgan fingerprint density at radius 3 is 1.94 bits per heavy atom. The number of rotatable bonds is 14. The summed E-state index contributed by atoms with van der Waals surface area (Å²) in [6.45, 7) is 2.99. The molecule has 0 saturated carbocycles. The predicted octanol–water partition coefficient (Wildman–Crippen LogP) is 9.60. The van der Waals surface area contributed by atoms with Crippen molar-refractivity contribution in [3.8, 4) is 11.5 Å². The lowest BCUT2D eigenvalue weighted by atomic mass is 10.1. The third kappa shape index (κ3) is 9.65. The molecule has 0 spiro atoms. The molecule has 0 saturated heterocycles. The highest BCUT2D eigenvalue weighted by molar-refractivity contribution is 9.10. The molecule has 35 heavy (non-hydrogen) atoms. The van der Waals surface area contributed by atoms with Crippen LogP contribution in [0.1, 0.15) is 68.6 Å². The Balaban J connectivity index is 1.39. The topological polar surface area (TPSA) is 60.2 Å². The van der Waals surface area contributed by atoms with Gasteiger partial charge in [0.15, 0.2) is 0 Å². The lowest BCUT2D eigenvalue weighted by Gasteiger charge is -2.06. The minimum Gasteiger partial charge on any atom is -0.494 e. The number of carbonyl (C=O) groups is 1. The zero-order valence-electron chi connectivity index (χ0n) is 20.3. The first kappa shape index (κ1) is 26.6. The van der Waals surface area contributed by atoms with Crippen LogP contribution in [0.4, 0.5) is 11.4 Å². The molecule has 5 nitrogen and oxygen atoms in total. The van der Waals surface area contributed by atoms with Crippen LogP contribution < -0.4 is 9.47 Å². The molecule has 0 radical (unpaired) electrons. The summed E-state index contributed by atoms with van der Waals surface area (Å²) >= 11 is 3.37. The summed E-state index contributed by atoms with van der Waals surface area (Å²) in [6, 6.07) is 21.7. The second-order valence-electron chi connectivity index (χ2n) is 8.38.